The van der Waals surface area contributed by atoms with Gasteiger partial charge in [-0.15, -0.1) is 0 Å². The number of hydrogen-bond donors (Lipinski definition) is 2. The van der Waals surface area contributed by atoms with Gasteiger partial charge in [0.2, 0.25) is 0 Å². The third-order valence-electron chi connectivity index (χ3n) is 4.16. The molecule has 0 amide bonds. The van der Waals surface area contributed by atoms with E-state index >= 15 is 0 Å². The van der Waals surface area contributed by atoms with Gasteiger partial charge in [-0.25, -0.2) is 0 Å². The highest BCUT2D eigenvalue weighted by Crippen LogP contribution is 2.25. The van der Waals surface area contributed by atoms with E-state index in [0.717, 1.165) is 10.9 Å². The predicted molar refractivity (Wildman–Crippen MR) is 78.4 cm³/mol. The van der Waals surface area contributed by atoms with Crippen LogP contribution in [0.3, 0.4) is 0 Å². The molecule has 2 aromatic rings. The Bertz CT molecular complexity index is 597. The molecule has 20 heavy (non-hydrogen) atoms. The SMILES string of the molecule is CC1OCCC1(O)CNCc1cncc2ccccc12. The lowest BCUT2D eigenvalue weighted by atomic mass is 9.96. The fraction of sp³-hybridized carbons (Fsp3) is 0.438. The molecule has 2 N–H and O–H groups in total. The lowest BCUT2D eigenvalue weighted by Gasteiger charge is -2.26. The van der Waals surface area contributed by atoms with Gasteiger partial charge in [-0.3, -0.25) is 4.98 Å². The summed E-state index contributed by atoms with van der Waals surface area (Å²) in [6.07, 6.45) is 4.34. The van der Waals surface area contributed by atoms with E-state index in [2.05, 4.69) is 22.4 Å². The first-order valence-electron chi connectivity index (χ1n) is 7.05. The molecule has 1 aliphatic rings. The van der Waals surface area contributed by atoms with E-state index in [1.54, 1.807) is 0 Å². The highest BCUT2D eigenvalue weighted by Gasteiger charge is 2.38. The molecular weight excluding hydrogens is 252 g/mol. The van der Waals surface area contributed by atoms with Crippen molar-refractivity contribution in [2.24, 2.45) is 0 Å². The molecule has 0 saturated carbocycles. The van der Waals surface area contributed by atoms with Gasteiger partial charge in [0.1, 0.15) is 5.60 Å². The van der Waals surface area contributed by atoms with E-state index in [4.69, 9.17) is 4.74 Å². The van der Waals surface area contributed by atoms with Crippen molar-refractivity contribution >= 4 is 10.8 Å². The third-order valence-corrected chi connectivity index (χ3v) is 4.16. The summed E-state index contributed by atoms with van der Waals surface area (Å²) in [5.41, 5.74) is 0.399. The summed E-state index contributed by atoms with van der Waals surface area (Å²) in [5, 5.41) is 16.1. The molecule has 2 unspecified atom stereocenters. The van der Waals surface area contributed by atoms with Crippen LogP contribution >= 0.6 is 0 Å². The molecule has 3 rings (SSSR count). The first-order chi connectivity index (χ1) is 9.69. The molecule has 4 nitrogen and oxygen atoms in total. The summed E-state index contributed by atoms with van der Waals surface area (Å²) in [4.78, 5) is 4.27. The van der Waals surface area contributed by atoms with Crippen LogP contribution in [0.15, 0.2) is 36.7 Å². The van der Waals surface area contributed by atoms with E-state index in [1.807, 2.05) is 31.5 Å². The van der Waals surface area contributed by atoms with E-state index in [0.29, 0.717) is 26.1 Å². The van der Waals surface area contributed by atoms with Crippen LogP contribution in [-0.2, 0) is 11.3 Å². The molecule has 1 saturated heterocycles. The van der Waals surface area contributed by atoms with Gasteiger partial charge in [0.05, 0.1) is 6.10 Å². The minimum atomic E-state index is -0.752. The van der Waals surface area contributed by atoms with Crippen LogP contribution in [0.2, 0.25) is 0 Å². The Morgan fingerprint density at radius 3 is 3.05 bits per heavy atom. The first kappa shape index (κ1) is 13.5. The Balaban J connectivity index is 1.69. The van der Waals surface area contributed by atoms with Crippen LogP contribution in [0.25, 0.3) is 10.8 Å². The van der Waals surface area contributed by atoms with Gasteiger partial charge in [-0.2, -0.15) is 0 Å². The molecule has 1 aromatic carbocycles. The molecule has 0 spiro atoms. The molecule has 1 aliphatic heterocycles. The highest BCUT2D eigenvalue weighted by atomic mass is 16.5. The Morgan fingerprint density at radius 1 is 1.40 bits per heavy atom. The summed E-state index contributed by atoms with van der Waals surface area (Å²) < 4.78 is 5.44. The molecule has 0 bridgehead atoms. The Labute approximate surface area is 118 Å². The van der Waals surface area contributed by atoms with E-state index in [9.17, 15) is 5.11 Å². The number of aromatic nitrogens is 1. The maximum atomic E-state index is 10.4. The van der Waals surface area contributed by atoms with Crippen molar-refractivity contribution in [3.8, 4) is 0 Å². The van der Waals surface area contributed by atoms with Crippen molar-refractivity contribution < 1.29 is 9.84 Å². The average molecular weight is 272 g/mol. The lowest BCUT2D eigenvalue weighted by molar-refractivity contribution is -0.0262. The number of ether oxygens (including phenoxy) is 1. The number of benzene rings is 1. The number of nitrogens with one attached hydrogen (secondary N) is 1. The summed E-state index contributed by atoms with van der Waals surface area (Å²) in [6, 6.07) is 8.21. The number of rotatable bonds is 4. The van der Waals surface area contributed by atoms with Crippen molar-refractivity contribution in [2.45, 2.75) is 31.6 Å². The molecule has 2 atom stereocenters. The van der Waals surface area contributed by atoms with Gasteiger partial charge in [0.15, 0.2) is 0 Å². The maximum Gasteiger partial charge on any atom is 0.105 e. The first-order valence-corrected chi connectivity index (χ1v) is 7.05. The molecule has 1 fully saturated rings. The second kappa shape index (κ2) is 5.48. The fourth-order valence-corrected chi connectivity index (χ4v) is 2.74. The van der Waals surface area contributed by atoms with Crippen LogP contribution in [0.5, 0.6) is 0 Å². The van der Waals surface area contributed by atoms with E-state index in [1.165, 1.54) is 5.39 Å². The van der Waals surface area contributed by atoms with Gasteiger partial charge in [0, 0.05) is 43.9 Å². The summed E-state index contributed by atoms with van der Waals surface area (Å²) in [7, 11) is 0. The van der Waals surface area contributed by atoms with Gasteiger partial charge in [-0.1, -0.05) is 24.3 Å². The molecular formula is C16H20N2O2. The molecule has 0 radical (unpaired) electrons. The normalized spacial score (nSPS) is 26.2. The van der Waals surface area contributed by atoms with E-state index < -0.39 is 5.60 Å². The lowest BCUT2D eigenvalue weighted by Crippen LogP contribution is -2.45. The Kier molecular flexibility index (Phi) is 3.70. The van der Waals surface area contributed by atoms with Crippen molar-refractivity contribution in [2.75, 3.05) is 13.2 Å². The highest BCUT2D eigenvalue weighted by molar-refractivity contribution is 5.84. The molecule has 0 aliphatic carbocycles. The minimum Gasteiger partial charge on any atom is -0.386 e. The zero-order valence-corrected chi connectivity index (χ0v) is 11.7. The van der Waals surface area contributed by atoms with Crippen LogP contribution in [0.4, 0.5) is 0 Å². The number of nitrogens with zero attached hydrogens (tertiary/aromatic N) is 1. The zero-order chi connectivity index (χ0) is 14.0. The summed E-state index contributed by atoms with van der Waals surface area (Å²) in [6.45, 7) is 3.80. The quantitative estimate of drug-likeness (QED) is 0.892. The second-order valence-corrected chi connectivity index (χ2v) is 5.49. The molecule has 106 valence electrons. The van der Waals surface area contributed by atoms with Crippen molar-refractivity contribution in [3.63, 3.8) is 0 Å². The summed E-state index contributed by atoms with van der Waals surface area (Å²) in [5.74, 6) is 0. The van der Waals surface area contributed by atoms with Crippen LogP contribution in [-0.4, -0.2) is 34.9 Å². The monoisotopic (exact) mass is 272 g/mol. The van der Waals surface area contributed by atoms with Crippen LogP contribution in [0.1, 0.15) is 18.9 Å². The minimum absolute atomic E-state index is 0.111. The molecule has 1 aromatic heterocycles. The second-order valence-electron chi connectivity index (χ2n) is 5.49. The number of fused-ring (bicyclic) bond motifs is 1. The Morgan fingerprint density at radius 2 is 2.25 bits per heavy atom. The van der Waals surface area contributed by atoms with Crippen LogP contribution < -0.4 is 5.32 Å². The third kappa shape index (κ3) is 2.54. The summed E-state index contributed by atoms with van der Waals surface area (Å²) >= 11 is 0. The van der Waals surface area contributed by atoms with Crippen molar-refractivity contribution in [1.29, 1.82) is 0 Å². The van der Waals surface area contributed by atoms with Gasteiger partial charge in [0.25, 0.3) is 0 Å². The fourth-order valence-electron chi connectivity index (χ4n) is 2.74. The number of hydrogen-bond acceptors (Lipinski definition) is 4. The van der Waals surface area contributed by atoms with Gasteiger partial charge < -0.3 is 15.2 Å². The number of pyridine rings is 1. The Hall–Kier alpha value is -1.49. The molecule has 4 heteroatoms. The average Bonchev–Trinajstić information content (AvgIpc) is 2.79. The van der Waals surface area contributed by atoms with E-state index in [-0.39, 0.29) is 6.10 Å². The van der Waals surface area contributed by atoms with Crippen molar-refractivity contribution in [3.05, 3.63) is 42.2 Å². The maximum absolute atomic E-state index is 10.4. The predicted octanol–water partition coefficient (Wildman–Crippen LogP) is 1.86. The largest absolute Gasteiger partial charge is 0.386 e. The topological polar surface area (TPSA) is 54.4 Å². The van der Waals surface area contributed by atoms with Crippen molar-refractivity contribution in [1.82, 2.24) is 10.3 Å². The molecule has 2 heterocycles. The zero-order valence-electron chi connectivity index (χ0n) is 11.7. The van der Waals surface area contributed by atoms with Gasteiger partial charge in [-0.05, 0) is 17.9 Å². The van der Waals surface area contributed by atoms with Crippen LogP contribution in [0, 0.1) is 0 Å². The standard InChI is InChI=1S/C16H20N2O2/c1-12-16(19,6-7-20-12)11-18-10-14-9-17-8-13-4-2-3-5-15(13)14/h2-5,8-9,12,18-19H,6-7,10-11H2,1H3. The number of aliphatic hydroxyl groups is 1. The smallest absolute Gasteiger partial charge is 0.105 e. The van der Waals surface area contributed by atoms with Gasteiger partial charge >= 0.3 is 0 Å².